The van der Waals surface area contributed by atoms with Crippen molar-refractivity contribution < 1.29 is 4.39 Å². The van der Waals surface area contributed by atoms with Crippen molar-refractivity contribution in [3.63, 3.8) is 0 Å². The fourth-order valence-corrected chi connectivity index (χ4v) is 1.38. The van der Waals surface area contributed by atoms with Gasteiger partial charge in [0.25, 0.3) is 0 Å². The Morgan fingerprint density at radius 3 is 2.69 bits per heavy atom. The van der Waals surface area contributed by atoms with Crippen LogP contribution in [0.4, 0.5) is 4.39 Å². The van der Waals surface area contributed by atoms with E-state index in [9.17, 15) is 4.39 Å². The van der Waals surface area contributed by atoms with Gasteiger partial charge in [-0.3, -0.25) is 9.07 Å². The predicted octanol–water partition coefficient (Wildman–Crippen LogP) is 2.37. The van der Waals surface area contributed by atoms with E-state index in [1.807, 2.05) is 4.68 Å². The first-order valence-electron chi connectivity index (χ1n) is 4.93. The van der Waals surface area contributed by atoms with E-state index in [1.54, 1.807) is 0 Å². The molecule has 1 aromatic rings. The predicted molar refractivity (Wildman–Crippen MR) is 51.6 cm³/mol. The van der Waals surface area contributed by atoms with Gasteiger partial charge in [-0.15, -0.1) is 0 Å². The molecule has 0 atom stereocenters. The molecule has 74 valence electrons. The molecule has 1 rings (SSSR count). The fraction of sp³-hybridized carbons (Fsp3) is 0.700. The average molecular weight is 184 g/mol. The van der Waals surface area contributed by atoms with E-state index in [1.165, 1.54) is 5.69 Å². The molecule has 3 heteroatoms. The van der Waals surface area contributed by atoms with Crippen molar-refractivity contribution in [2.45, 2.75) is 39.7 Å². The van der Waals surface area contributed by atoms with Gasteiger partial charge in [0.05, 0.1) is 12.4 Å². The summed E-state index contributed by atoms with van der Waals surface area (Å²) >= 11 is 0. The summed E-state index contributed by atoms with van der Waals surface area (Å²) in [6.07, 6.45) is 2.49. The Labute approximate surface area is 78.8 Å². The molecule has 0 N–H and O–H groups in total. The highest BCUT2D eigenvalue weighted by Gasteiger charge is 2.03. The lowest BCUT2D eigenvalue weighted by Gasteiger charge is -2.02. The molecule has 0 aliphatic heterocycles. The van der Waals surface area contributed by atoms with Crippen molar-refractivity contribution in [2.75, 3.05) is 6.67 Å². The smallest absolute Gasteiger partial charge is 0.0912 e. The summed E-state index contributed by atoms with van der Waals surface area (Å²) in [6.45, 7) is 4.63. The molecule has 0 amide bonds. The van der Waals surface area contributed by atoms with Gasteiger partial charge in [0, 0.05) is 12.2 Å². The standard InChI is InChI=1S/C10H17FN2/c1-3-9-8-10(4-2)13(12-9)7-5-6-11/h8H,3-7H2,1-2H3. The lowest BCUT2D eigenvalue weighted by atomic mass is 10.2. The second-order valence-corrected chi connectivity index (χ2v) is 3.10. The maximum absolute atomic E-state index is 12.0. The molecule has 1 heterocycles. The van der Waals surface area contributed by atoms with Crippen LogP contribution in [0.5, 0.6) is 0 Å². The quantitative estimate of drug-likeness (QED) is 0.687. The van der Waals surface area contributed by atoms with E-state index in [2.05, 4.69) is 25.0 Å². The minimum absolute atomic E-state index is 0.259. The van der Waals surface area contributed by atoms with Gasteiger partial charge in [0.15, 0.2) is 0 Å². The first-order valence-corrected chi connectivity index (χ1v) is 4.93. The summed E-state index contributed by atoms with van der Waals surface area (Å²) in [5, 5.41) is 4.39. The molecular weight excluding hydrogens is 167 g/mol. The second-order valence-electron chi connectivity index (χ2n) is 3.10. The number of hydrogen-bond acceptors (Lipinski definition) is 1. The van der Waals surface area contributed by atoms with Crippen molar-refractivity contribution >= 4 is 0 Å². The third-order valence-electron chi connectivity index (χ3n) is 2.14. The number of nitrogens with zero attached hydrogens (tertiary/aromatic N) is 2. The van der Waals surface area contributed by atoms with Crippen LogP contribution in [0, 0.1) is 0 Å². The summed E-state index contributed by atoms with van der Waals surface area (Å²) in [7, 11) is 0. The van der Waals surface area contributed by atoms with Crippen LogP contribution in [-0.2, 0) is 19.4 Å². The number of alkyl halides is 1. The molecule has 0 saturated carbocycles. The van der Waals surface area contributed by atoms with Crippen molar-refractivity contribution in [1.82, 2.24) is 9.78 Å². The normalized spacial score (nSPS) is 10.7. The Bertz CT molecular complexity index is 255. The maximum Gasteiger partial charge on any atom is 0.0912 e. The molecule has 0 spiro atoms. The number of halogens is 1. The van der Waals surface area contributed by atoms with Gasteiger partial charge in [-0.1, -0.05) is 13.8 Å². The van der Waals surface area contributed by atoms with Gasteiger partial charge in [0.1, 0.15) is 0 Å². The van der Waals surface area contributed by atoms with Crippen LogP contribution in [0.3, 0.4) is 0 Å². The average Bonchev–Trinajstić information content (AvgIpc) is 2.57. The van der Waals surface area contributed by atoms with Crippen molar-refractivity contribution in [3.05, 3.63) is 17.5 Å². The molecule has 0 aliphatic rings. The lowest BCUT2D eigenvalue weighted by Crippen LogP contribution is -2.05. The van der Waals surface area contributed by atoms with Crippen molar-refractivity contribution in [3.8, 4) is 0 Å². The van der Waals surface area contributed by atoms with E-state index in [-0.39, 0.29) is 6.67 Å². The topological polar surface area (TPSA) is 17.8 Å². The number of aryl methyl sites for hydroxylation is 3. The molecule has 0 bridgehead atoms. The van der Waals surface area contributed by atoms with Gasteiger partial charge in [-0.2, -0.15) is 5.10 Å². The largest absolute Gasteiger partial charge is 0.269 e. The third kappa shape index (κ3) is 2.54. The van der Waals surface area contributed by atoms with Gasteiger partial charge in [0.2, 0.25) is 0 Å². The molecule has 13 heavy (non-hydrogen) atoms. The van der Waals surface area contributed by atoms with E-state index in [4.69, 9.17) is 0 Å². The van der Waals surface area contributed by atoms with Crippen LogP contribution in [0.2, 0.25) is 0 Å². The van der Waals surface area contributed by atoms with Crippen LogP contribution < -0.4 is 0 Å². The van der Waals surface area contributed by atoms with Crippen LogP contribution >= 0.6 is 0 Å². The highest BCUT2D eigenvalue weighted by molar-refractivity contribution is 5.10. The zero-order chi connectivity index (χ0) is 9.68. The Balaban J connectivity index is 2.71. The van der Waals surface area contributed by atoms with Gasteiger partial charge in [-0.25, -0.2) is 0 Å². The van der Waals surface area contributed by atoms with E-state index < -0.39 is 0 Å². The fourth-order valence-electron chi connectivity index (χ4n) is 1.38. The van der Waals surface area contributed by atoms with Crippen LogP contribution in [0.25, 0.3) is 0 Å². The Morgan fingerprint density at radius 1 is 1.38 bits per heavy atom. The monoisotopic (exact) mass is 184 g/mol. The molecule has 0 unspecified atom stereocenters. The maximum atomic E-state index is 12.0. The Kier molecular flexibility index (Phi) is 3.93. The van der Waals surface area contributed by atoms with Gasteiger partial charge < -0.3 is 0 Å². The van der Waals surface area contributed by atoms with Crippen LogP contribution in [0.15, 0.2) is 6.07 Å². The Morgan fingerprint density at radius 2 is 2.15 bits per heavy atom. The minimum Gasteiger partial charge on any atom is -0.269 e. The summed E-state index contributed by atoms with van der Waals surface area (Å²) in [4.78, 5) is 0. The lowest BCUT2D eigenvalue weighted by molar-refractivity contribution is 0.429. The summed E-state index contributed by atoms with van der Waals surface area (Å²) in [5.41, 5.74) is 2.32. The third-order valence-corrected chi connectivity index (χ3v) is 2.14. The molecule has 0 fully saturated rings. The second kappa shape index (κ2) is 5.00. The molecule has 0 saturated heterocycles. The zero-order valence-electron chi connectivity index (χ0n) is 8.39. The number of hydrogen-bond donors (Lipinski definition) is 0. The van der Waals surface area contributed by atoms with Crippen LogP contribution in [-0.4, -0.2) is 16.5 Å². The van der Waals surface area contributed by atoms with Gasteiger partial charge >= 0.3 is 0 Å². The Hall–Kier alpha value is -0.860. The summed E-state index contributed by atoms with van der Waals surface area (Å²) in [6, 6.07) is 2.11. The highest BCUT2D eigenvalue weighted by Crippen LogP contribution is 2.06. The molecule has 0 aromatic carbocycles. The van der Waals surface area contributed by atoms with Crippen LogP contribution in [0.1, 0.15) is 31.7 Å². The summed E-state index contributed by atoms with van der Waals surface area (Å²) in [5.74, 6) is 0. The van der Waals surface area contributed by atoms with E-state index in [0.29, 0.717) is 13.0 Å². The van der Waals surface area contributed by atoms with Crippen molar-refractivity contribution in [2.24, 2.45) is 0 Å². The SMILES string of the molecule is CCc1cc(CC)n(CCCF)n1. The summed E-state index contributed by atoms with van der Waals surface area (Å²) < 4.78 is 13.9. The molecule has 0 aliphatic carbocycles. The zero-order valence-corrected chi connectivity index (χ0v) is 8.39. The molecule has 2 nitrogen and oxygen atoms in total. The van der Waals surface area contributed by atoms with E-state index in [0.717, 1.165) is 18.5 Å². The minimum atomic E-state index is -0.259. The number of rotatable bonds is 5. The molecule has 1 aromatic heterocycles. The van der Waals surface area contributed by atoms with Gasteiger partial charge in [-0.05, 0) is 25.3 Å². The first-order chi connectivity index (χ1) is 6.31. The van der Waals surface area contributed by atoms with Crippen molar-refractivity contribution in [1.29, 1.82) is 0 Å². The first kappa shape index (κ1) is 10.2. The van der Waals surface area contributed by atoms with E-state index >= 15 is 0 Å². The number of aromatic nitrogens is 2. The molecular formula is C10H17FN2. The molecule has 0 radical (unpaired) electrons. The highest BCUT2D eigenvalue weighted by atomic mass is 19.1.